The van der Waals surface area contributed by atoms with Crippen molar-refractivity contribution < 1.29 is 9.53 Å². The van der Waals surface area contributed by atoms with Crippen molar-refractivity contribution in [2.75, 3.05) is 0 Å². The van der Waals surface area contributed by atoms with Gasteiger partial charge in [-0.3, -0.25) is 4.79 Å². The zero-order chi connectivity index (χ0) is 26.5. The fraction of sp³-hybridized carbons (Fsp3) is 0.912. The summed E-state index contributed by atoms with van der Waals surface area (Å²) in [4.78, 5) is 12.6. The second-order valence-electron chi connectivity index (χ2n) is 13.9. The maximum Gasteiger partial charge on any atom is 0.324 e. The molecule has 37 heavy (non-hydrogen) atoms. The van der Waals surface area contributed by atoms with E-state index in [2.05, 4.69) is 33.8 Å². The Morgan fingerprint density at radius 1 is 0.946 bits per heavy atom. The molecule has 8 atom stereocenters. The zero-order valence-corrected chi connectivity index (χ0v) is 25.4. The lowest BCUT2D eigenvalue weighted by Gasteiger charge is -2.58. The van der Waals surface area contributed by atoms with Crippen molar-refractivity contribution in [3.63, 3.8) is 0 Å². The van der Waals surface area contributed by atoms with Crippen molar-refractivity contribution in [1.82, 2.24) is 0 Å². The highest BCUT2D eigenvalue weighted by atomic mass is 35.5. The third-order valence-electron chi connectivity index (χ3n) is 11.8. The molecule has 4 rings (SSSR count). The minimum atomic E-state index is -0.479. The molecule has 0 aromatic rings. The average Bonchev–Trinajstić information content (AvgIpc) is 3.22. The fourth-order valence-corrected chi connectivity index (χ4v) is 9.62. The average molecular weight is 533 g/mol. The van der Waals surface area contributed by atoms with Gasteiger partial charge >= 0.3 is 5.97 Å². The number of alkyl halides is 1. The van der Waals surface area contributed by atoms with E-state index in [0.29, 0.717) is 10.8 Å². The van der Waals surface area contributed by atoms with Gasteiger partial charge in [0.2, 0.25) is 0 Å². The number of halogens is 1. The highest BCUT2D eigenvalue weighted by Gasteiger charge is 2.58. The quantitative estimate of drug-likeness (QED) is 0.102. The van der Waals surface area contributed by atoms with Crippen molar-refractivity contribution >= 4 is 17.6 Å². The maximum absolute atomic E-state index is 12.6. The Labute approximate surface area is 234 Å². The summed E-state index contributed by atoms with van der Waals surface area (Å²) in [6.45, 7) is 9.74. The first kappa shape index (κ1) is 29.5. The molecule has 0 aromatic heterocycles. The molecule has 3 saturated carbocycles. The van der Waals surface area contributed by atoms with Crippen LogP contribution in [0.25, 0.3) is 0 Å². The van der Waals surface area contributed by atoms with Gasteiger partial charge in [-0.25, -0.2) is 0 Å². The van der Waals surface area contributed by atoms with Crippen molar-refractivity contribution in [3.8, 4) is 0 Å². The van der Waals surface area contributed by atoms with Gasteiger partial charge in [0.05, 0.1) is 0 Å². The standard InChI is InChI=1S/C34H57ClO2/c1-5-7-9-10-11-13-14-25-17-19-29-28-18-16-26-24-27(37-32(36)31(35)15-12-8-6-2)20-22-34(26,4)30(28)21-23-33(25,29)3/h16,25,27-31H,5-15,17-24H2,1-4H3/t25-,27-,28-,29-,30-,31-,33+,34-/m0/s1. The van der Waals surface area contributed by atoms with E-state index in [1.165, 1.54) is 83.5 Å². The lowest BCUT2D eigenvalue weighted by molar-refractivity contribution is -0.151. The van der Waals surface area contributed by atoms with Crippen molar-refractivity contribution in [1.29, 1.82) is 0 Å². The molecule has 0 N–H and O–H groups in total. The number of esters is 1. The molecule has 0 unspecified atom stereocenters. The second kappa shape index (κ2) is 13.2. The molecule has 0 bridgehead atoms. The largest absolute Gasteiger partial charge is 0.461 e. The van der Waals surface area contributed by atoms with E-state index in [1.807, 2.05) is 0 Å². The van der Waals surface area contributed by atoms with Crippen LogP contribution in [0.3, 0.4) is 0 Å². The number of unbranched alkanes of at least 4 members (excludes halogenated alkanes) is 7. The molecule has 212 valence electrons. The van der Waals surface area contributed by atoms with Gasteiger partial charge in [0, 0.05) is 6.42 Å². The Bertz CT molecular complexity index is 776. The van der Waals surface area contributed by atoms with Crippen molar-refractivity contribution in [2.24, 2.45) is 34.5 Å². The minimum Gasteiger partial charge on any atom is -0.461 e. The third kappa shape index (κ3) is 6.47. The van der Waals surface area contributed by atoms with Crippen LogP contribution in [0.5, 0.6) is 0 Å². The number of hydrogen-bond donors (Lipinski definition) is 0. The number of fused-ring (bicyclic) bond motifs is 5. The Hall–Kier alpha value is -0.500. The van der Waals surface area contributed by atoms with Crippen LogP contribution >= 0.6 is 11.6 Å². The molecular formula is C34H57ClO2. The molecule has 0 saturated heterocycles. The van der Waals surface area contributed by atoms with E-state index in [-0.39, 0.29) is 12.1 Å². The topological polar surface area (TPSA) is 26.3 Å². The second-order valence-corrected chi connectivity index (χ2v) is 14.4. The molecule has 0 radical (unpaired) electrons. The molecule has 0 aliphatic heterocycles. The molecule has 4 aliphatic rings. The van der Waals surface area contributed by atoms with Crippen molar-refractivity contribution in [2.45, 2.75) is 161 Å². The van der Waals surface area contributed by atoms with Crippen molar-refractivity contribution in [3.05, 3.63) is 11.6 Å². The molecule has 2 nitrogen and oxygen atoms in total. The fourth-order valence-electron chi connectivity index (χ4n) is 9.41. The Kier molecular flexibility index (Phi) is 10.5. The summed E-state index contributed by atoms with van der Waals surface area (Å²) >= 11 is 6.39. The summed E-state index contributed by atoms with van der Waals surface area (Å²) < 4.78 is 5.97. The molecule has 0 heterocycles. The first-order valence-electron chi connectivity index (χ1n) is 16.4. The SMILES string of the molecule is CCCCCCCC[C@H]1CC[C@H]2[C@@H]3CC=C4C[C@@H](OC(=O)[C@@H](Cl)CCCCC)CC[C@]4(C)[C@H]3CC[C@]12C. The third-order valence-corrected chi connectivity index (χ3v) is 12.2. The Morgan fingerprint density at radius 2 is 1.68 bits per heavy atom. The highest BCUT2D eigenvalue weighted by molar-refractivity contribution is 6.29. The van der Waals surface area contributed by atoms with E-state index in [4.69, 9.17) is 16.3 Å². The molecule has 0 spiro atoms. The number of hydrogen-bond acceptors (Lipinski definition) is 2. The summed E-state index contributed by atoms with van der Waals surface area (Å²) in [5, 5.41) is -0.479. The van der Waals surface area contributed by atoms with Gasteiger partial charge in [-0.2, -0.15) is 0 Å². The van der Waals surface area contributed by atoms with Crippen LogP contribution in [0.1, 0.15) is 150 Å². The van der Waals surface area contributed by atoms with Gasteiger partial charge in [0.15, 0.2) is 0 Å². The summed E-state index contributed by atoms with van der Waals surface area (Å²) in [7, 11) is 0. The van der Waals surface area contributed by atoms with Gasteiger partial charge in [0.1, 0.15) is 11.5 Å². The molecule has 3 heteroatoms. The smallest absolute Gasteiger partial charge is 0.324 e. The molecule has 0 aromatic carbocycles. The highest BCUT2D eigenvalue weighted by Crippen LogP contribution is 2.66. The van der Waals surface area contributed by atoms with Crippen LogP contribution < -0.4 is 0 Å². The van der Waals surface area contributed by atoms with Crippen LogP contribution in [-0.2, 0) is 9.53 Å². The molecule has 3 fully saturated rings. The Balaban J connectivity index is 1.32. The lowest BCUT2D eigenvalue weighted by Crippen LogP contribution is -2.50. The van der Waals surface area contributed by atoms with Gasteiger partial charge in [0.25, 0.3) is 0 Å². The van der Waals surface area contributed by atoms with E-state index < -0.39 is 5.38 Å². The van der Waals surface area contributed by atoms with Gasteiger partial charge in [-0.15, -0.1) is 11.6 Å². The van der Waals surface area contributed by atoms with E-state index >= 15 is 0 Å². The summed E-state index contributed by atoms with van der Waals surface area (Å²) in [5.41, 5.74) is 2.48. The maximum atomic E-state index is 12.6. The van der Waals surface area contributed by atoms with Crippen LogP contribution in [0.4, 0.5) is 0 Å². The van der Waals surface area contributed by atoms with Gasteiger partial charge in [-0.1, -0.05) is 97.1 Å². The minimum absolute atomic E-state index is 0.0258. The van der Waals surface area contributed by atoms with Crippen LogP contribution in [-0.4, -0.2) is 17.5 Å². The number of allylic oxidation sites excluding steroid dienone is 1. The van der Waals surface area contributed by atoms with E-state index in [0.717, 1.165) is 62.2 Å². The normalized spacial score (nSPS) is 37.8. The molecule has 0 amide bonds. The molecule has 4 aliphatic carbocycles. The number of ether oxygens (including phenoxy) is 1. The number of carbonyl (C=O) groups is 1. The number of rotatable bonds is 13. The van der Waals surface area contributed by atoms with E-state index in [1.54, 1.807) is 5.57 Å². The Morgan fingerprint density at radius 3 is 2.46 bits per heavy atom. The number of carbonyl (C=O) groups excluding carboxylic acids is 1. The molecular weight excluding hydrogens is 476 g/mol. The van der Waals surface area contributed by atoms with Gasteiger partial charge in [-0.05, 0) is 92.3 Å². The zero-order valence-electron chi connectivity index (χ0n) is 24.7. The summed E-state index contributed by atoms with van der Waals surface area (Å²) in [6, 6.07) is 0. The summed E-state index contributed by atoms with van der Waals surface area (Å²) in [5.74, 6) is 3.38. The van der Waals surface area contributed by atoms with Crippen LogP contribution in [0.2, 0.25) is 0 Å². The summed E-state index contributed by atoms with van der Waals surface area (Å²) in [6.07, 6.45) is 26.8. The van der Waals surface area contributed by atoms with Gasteiger partial charge < -0.3 is 4.74 Å². The predicted molar refractivity (Wildman–Crippen MR) is 157 cm³/mol. The van der Waals surface area contributed by atoms with Crippen LogP contribution in [0.15, 0.2) is 11.6 Å². The first-order valence-corrected chi connectivity index (χ1v) is 16.8. The monoisotopic (exact) mass is 532 g/mol. The van der Waals surface area contributed by atoms with Crippen LogP contribution in [0, 0.1) is 34.5 Å². The predicted octanol–water partition coefficient (Wildman–Crippen LogP) is 10.4. The lowest BCUT2D eigenvalue weighted by atomic mass is 9.47. The first-order chi connectivity index (χ1) is 17.8. The van der Waals surface area contributed by atoms with E-state index in [9.17, 15) is 4.79 Å².